The van der Waals surface area contributed by atoms with Crippen molar-refractivity contribution in [1.82, 2.24) is 0 Å². The van der Waals surface area contributed by atoms with Gasteiger partial charge in [-0.25, -0.2) is 4.79 Å². The number of hydrogen-bond donors (Lipinski definition) is 0. The number of nitrogens with zero attached hydrogens (tertiary/aromatic N) is 1. The van der Waals surface area contributed by atoms with Gasteiger partial charge in [0.1, 0.15) is 5.75 Å². The van der Waals surface area contributed by atoms with E-state index in [0.29, 0.717) is 10.8 Å². The van der Waals surface area contributed by atoms with Crippen LogP contribution in [0.4, 0.5) is 0 Å². The summed E-state index contributed by atoms with van der Waals surface area (Å²) in [5.41, 5.74) is 0.520. The maximum absolute atomic E-state index is 10.5. The molecule has 1 aromatic rings. The molecule has 2 rings (SSSR count). The minimum atomic E-state index is -0.417. The second kappa shape index (κ2) is 4.28. The van der Waals surface area contributed by atoms with Crippen LogP contribution in [0.15, 0.2) is 23.2 Å². The van der Waals surface area contributed by atoms with E-state index in [1.807, 2.05) is 12.1 Å². The standard InChI is InChI=1S/C12H12ClNO2/c1-16-11-6-9(5-10(13)7-11)12(14-8-15)3-2-4-12/h5-7H,2-4H2,1H3. The van der Waals surface area contributed by atoms with E-state index in [0.717, 1.165) is 24.8 Å². The van der Waals surface area contributed by atoms with Crippen LogP contribution in [-0.2, 0) is 10.3 Å². The first-order valence-corrected chi connectivity index (χ1v) is 5.52. The third-order valence-corrected chi connectivity index (χ3v) is 3.30. The van der Waals surface area contributed by atoms with Crippen molar-refractivity contribution in [2.45, 2.75) is 24.8 Å². The van der Waals surface area contributed by atoms with Gasteiger partial charge in [-0.1, -0.05) is 11.6 Å². The maximum Gasteiger partial charge on any atom is 0.235 e. The van der Waals surface area contributed by atoms with Crippen LogP contribution in [0.3, 0.4) is 0 Å². The molecule has 0 spiro atoms. The van der Waals surface area contributed by atoms with Crippen molar-refractivity contribution in [3.05, 3.63) is 28.8 Å². The van der Waals surface area contributed by atoms with Crippen molar-refractivity contribution in [3.63, 3.8) is 0 Å². The fourth-order valence-electron chi connectivity index (χ4n) is 2.01. The summed E-state index contributed by atoms with van der Waals surface area (Å²) < 4.78 is 5.15. The summed E-state index contributed by atoms with van der Waals surface area (Å²) in [6, 6.07) is 5.46. The van der Waals surface area contributed by atoms with Crippen LogP contribution in [0.5, 0.6) is 5.75 Å². The molecule has 3 nitrogen and oxygen atoms in total. The van der Waals surface area contributed by atoms with Crippen LogP contribution >= 0.6 is 11.6 Å². The molecule has 0 radical (unpaired) electrons. The van der Waals surface area contributed by atoms with Crippen molar-refractivity contribution in [2.75, 3.05) is 7.11 Å². The summed E-state index contributed by atoms with van der Waals surface area (Å²) in [5, 5.41) is 0.599. The third kappa shape index (κ3) is 1.84. The van der Waals surface area contributed by atoms with Crippen molar-refractivity contribution < 1.29 is 9.53 Å². The Hall–Kier alpha value is -1.31. The monoisotopic (exact) mass is 237 g/mol. The van der Waals surface area contributed by atoms with E-state index in [1.54, 1.807) is 19.3 Å². The SMILES string of the molecule is COc1cc(Cl)cc(C2(N=C=O)CCC2)c1. The highest BCUT2D eigenvalue weighted by molar-refractivity contribution is 6.30. The Labute approximate surface area is 99.1 Å². The fourth-order valence-corrected chi connectivity index (χ4v) is 2.24. The molecule has 0 amide bonds. The van der Waals surface area contributed by atoms with Crippen LogP contribution < -0.4 is 4.74 Å². The molecule has 1 saturated carbocycles. The van der Waals surface area contributed by atoms with E-state index < -0.39 is 5.54 Å². The smallest absolute Gasteiger partial charge is 0.235 e. The maximum atomic E-state index is 10.5. The average molecular weight is 238 g/mol. The average Bonchev–Trinajstić information content (AvgIpc) is 2.22. The van der Waals surface area contributed by atoms with Gasteiger partial charge in [0.2, 0.25) is 6.08 Å². The second-order valence-electron chi connectivity index (χ2n) is 3.97. The van der Waals surface area contributed by atoms with Gasteiger partial charge in [0.15, 0.2) is 0 Å². The van der Waals surface area contributed by atoms with Crippen LogP contribution in [0, 0.1) is 0 Å². The predicted octanol–water partition coefficient (Wildman–Crippen LogP) is 3.06. The van der Waals surface area contributed by atoms with Gasteiger partial charge in [-0.05, 0) is 43.0 Å². The summed E-state index contributed by atoms with van der Waals surface area (Å²) in [6.07, 6.45) is 4.46. The Balaban J connectivity index is 2.45. The molecule has 0 N–H and O–H groups in total. The van der Waals surface area contributed by atoms with Gasteiger partial charge in [-0.2, -0.15) is 4.99 Å². The molecular weight excluding hydrogens is 226 g/mol. The van der Waals surface area contributed by atoms with Gasteiger partial charge in [0.25, 0.3) is 0 Å². The van der Waals surface area contributed by atoms with E-state index >= 15 is 0 Å². The van der Waals surface area contributed by atoms with Gasteiger partial charge in [0, 0.05) is 5.02 Å². The molecule has 0 aromatic heterocycles. The first-order chi connectivity index (χ1) is 7.70. The van der Waals surface area contributed by atoms with E-state index in [4.69, 9.17) is 16.3 Å². The number of benzene rings is 1. The first kappa shape index (κ1) is 11.2. The molecule has 1 aliphatic carbocycles. The Morgan fingerprint density at radius 3 is 2.69 bits per heavy atom. The number of methoxy groups -OCH3 is 1. The number of carbonyl (C=O) groups excluding carboxylic acids is 1. The highest BCUT2D eigenvalue weighted by Crippen LogP contribution is 2.46. The molecule has 1 aliphatic rings. The van der Waals surface area contributed by atoms with Gasteiger partial charge in [-0.15, -0.1) is 0 Å². The molecule has 4 heteroatoms. The lowest BCUT2D eigenvalue weighted by Crippen LogP contribution is -2.31. The fraction of sp³-hybridized carbons (Fsp3) is 0.417. The molecule has 1 aromatic carbocycles. The molecule has 1 fully saturated rings. The Morgan fingerprint density at radius 1 is 1.44 bits per heavy atom. The minimum absolute atomic E-state index is 0.417. The van der Waals surface area contributed by atoms with Crippen molar-refractivity contribution in [3.8, 4) is 5.75 Å². The van der Waals surface area contributed by atoms with E-state index in [2.05, 4.69) is 4.99 Å². The van der Waals surface area contributed by atoms with E-state index in [-0.39, 0.29) is 0 Å². The van der Waals surface area contributed by atoms with Crippen LogP contribution in [0.1, 0.15) is 24.8 Å². The van der Waals surface area contributed by atoms with Crippen molar-refractivity contribution >= 4 is 17.7 Å². The zero-order valence-electron chi connectivity index (χ0n) is 9.00. The number of rotatable bonds is 3. The van der Waals surface area contributed by atoms with Crippen LogP contribution in [0.2, 0.25) is 5.02 Å². The lowest BCUT2D eigenvalue weighted by molar-refractivity contribution is 0.255. The molecule has 0 aliphatic heterocycles. The summed E-state index contributed by atoms with van der Waals surface area (Å²) in [6.45, 7) is 0. The second-order valence-corrected chi connectivity index (χ2v) is 4.40. The molecule has 84 valence electrons. The molecule has 0 heterocycles. The number of halogens is 1. The zero-order valence-corrected chi connectivity index (χ0v) is 9.75. The highest BCUT2D eigenvalue weighted by Gasteiger charge is 2.39. The van der Waals surface area contributed by atoms with E-state index in [9.17, 15) is 4.79 Å². The molecule has 0 atom stereocenters. The van der Waals surface area contributed by atoms with Gasteiger partial charge in [0.05, 0.1) is 12.6 Å². The number of aliphatic imine (C=N–C) groups is 1. The summed E-state index contributed by atoms with van der Waals surface area (Å²) in [7, 11) is 1.59. The van der Waals surface area contributed by atoms with Crippen LogP contribution in [-0.4, -0.2) is 13.2 Å². The lowest BCUT2D eigenvalue weighted by atomic mass is 9.72. The first-order valence-electron chi connectivity index (χ1n) is 5.14. The Kier molecular flexibility index (Phi) is 2.99. The normalized spacial score (nSPS) is 17.1. The molecular formula is C12H12ClNO2. The molecule has 0 unspecified atom stereocenters. The molecule has 0 saturated heterocycles. The summed E-state index contributed by atoms with van der Waals surface area (Å²) in [5.74, 6) is 0.690. The van der Waals surface area contributed by atoms with Crippen molar-refractivity contribution in [1.29, 1.82) is 0 Å². The van der Waals surface area contributed by atoms with Gasteiger partial charge in [-0.3, -0.25) is 0 Å². The molecule has 16 heavy (non-hydrogen) atoms. The minimum Gasteiger partial charge on any atom is -0.497 e. The lowest BCUT2D eigenvalue weighted by Gasteiger charge is -2.37. The highest BCUT2D eigenvalue weighted by atomic mass is 35.5. The number of hydrogen-bond acceptors (Lipinski definition) is 3. The third-order valence-electron chi connectivity index (χ3n) is 3.08. The van der Waals surface area contributed by atoms with Gasteiger partial charge >= 0.3 is 0 Å². The van der Waals surface area contributed by atoms with E-state index in [1.165, 1.54) is 0 Å². The van der Waals surface area contributed by atoms with Crippen LogP contribution in [0.25, 0.3) is 0 Å². The summed E-state index contributed by atoms with van der Waals surface area (Å²) in [4.78, 5) is 14.4. The zero-order chi connectivity index (χ0) is 11.6. The summed E-state index contributed by atoms with van der Waals surface area (Å²) >= 11 is 6.00. The number of ether oxygens (including phenoxy) is 1. The van der Waals surface area contributed by atoms with Crippen molar-refractivity contribution in [2.24, 2.45) is 4.99 Å². The Morgan fingerprint density at radius 2 is 2.19 bits per heavy atom. The largest absolute Gasteiger partial charge is 0.497 e. The predicted molar refractivity (Wildman–Crippen MR) is 61.7 cm³/mol. The topological polar surface area (TPSA) is 38.7 Å². The van der Waals surface area contributed by atoms with Gasteiger partial charge < -0.3 is 4.74 Å². The quantitative estimate of drug-likeness (QED) is 0.599. The molecule has 0 bridgehead atoms. The number of isocyanates is 1. The Bertz CT molecular complexity index is 448.